The van der Waals surface area contributed by atoms with Crippen LogP contribution in [0, 0.1) is 0 Å². The summed E-state index contributed by atoms with van der Waals surface area (Å²) in [7, 11) is 2.74. The first-order chi connectivity index (χ1) is 13.5. The molecule has 0 radical (unpaired) electrons. The summed E-state index contributed by atoms with van der Waals surface area (Å²) >= 11 is 0. The largest absolute Gasteiger partial charge is 0.503 e. The van der Waals surface area contributed by atoms with Crippen LogP contribution < -0.4 is 5.73 Å². The molecule has 0 saturated carbocycles. The first-order valence-electron chi connectivity index (χ1n) is 8.95. The average Bonchev–Trinajstić information content (AvgIpc) is 2.71. The second-order valence-corrected chi connectivity index (χ2v) is 6.17. The molecule has 148 valence electrons. The van der Waals surface area contributed by atoms with Crippen molar-refractivity contribution in [2.75, 3.05) is 14.2 Å². The summed E-state index contributed by atoms with van der Waals surface area (Å²) in [5, 5.41) is 0. The number of benzene rings is 2. The fourth-order valence-corrected chi connectivity index (χ4v) is 3.35. The van der Waals surface area contributed by atoms with E-state index >= 15 is 0 Å². The molecule has 2 aromatic rings. The van der Waals surface area contributed by atoms with E-state index in [9.17, 15) is 9.59 Å². The number of nitrogens with two attached hydrogens (primary N) is 1. The van der Waals surface area contributed by atoms with E-state index in [0.717, 1.165) is 5.56 Å². The second kappa shape index (κ2) is 9.60. The lowest BCUT2D eigenvalue weighted by Gasteiger charge is -2.35. The highest BCUT2D eigenvalue weighted by molar-refractivity contribution is 6.16. The van der Waals surface area contributed by atoms with Crippen LogP contribution in [-0.4, -0.2) is 26.3 Å². The molecule has 0 aliphatic heterocycles. The maximum atomic E-state index is 12.4. The molecule has 1 atom stereocenters. The molecule has 0 aromatic heterocycles. The third kappa shape index (κ3) is 4.34. The van der Waals surface area contributed by atoms with Crippen LogP contribution in [0.15, 0.2) is 60.9 Å². The topological polar surface area (TPSA) is 87.9 Å². The molecule has 1 unspecified atom stereocenters. The maximum Gasteiger partial charge on any atom is 0.405 e. The minimum atomic E-state index is -1.17. The quantitative estimate of drug-likeness (QED) is 0.423. The number of methoxy groups -OCH3 is 2. The van der Waals surface area contributed by atoms with Gasteiger partial charge in [-0.15, -0.1) is 0 Å². The number of hydrogen-bond donors (Lipinski definition) is 1. The van der Waals surface area contributed by atoms with E-state index in [4.69, 9.17) is 19.9 Å². The number of primary amides is 1. The van der Waals surface area contributed by atoms with Gasteiger partial charge in [-0.2, -0.15) is 0 Å². The highest BCUT2D eigenvalue weighted by atomic mass is 16.6. The van der Waals surface area contributed by atoms with Crippen LogP contribution in [0.3, 0.4) is 0 Å². The zero-order valence-corrected chi connectivity index (χ0v) is 16.3. The molecule has 2 N–H and O–H groups in total. The van der Waals surface area contributed by atoms with E-state index in [-0.39, 0.29) is 5.57 Å². The smallest absolute Gasteiger partial charge is 0.405 e. The predicted molar refractivity (Wildman–Crippen MR) is 106 cm³/mol. The Morgan fingerprint density at radius 3 is 2.25 bits per heavy atom. The van der Waals surface area contributed by atoms with Gasteiger partial charge in [0.25, 0.3) is 0 Å². The SMILES string of the molecule is CCCC(OC(N)=O)(c1ccccc1)c1ccccc1/C(=C\OC)C(=O)OC. The van der Waals surface area contributed by atoms with Crippen molar-refractivity contribution >= 4 is 17.6 Å². The normalized spacial score (nSPS) is 13.3. The Balaban J connectivity index is 2.83. The van der Waals surface area contributed by atoms with Gasteiger partial charge in [-0.05, 0) is 12.0 Å². The molecule has 2 rings (SSSR count). The monoisotopic (exact) mass is 383 g/mol. The molecule has 0 fully saturated rings. The molecule has 1 amide bonds. The maximum absolute atomic E-state index is 12.4. The van der Waals surface area contributed by atoms with Crippen LogP contribution in [0.1, 0.15) is 36.5 Å². The zero-order valence-electron chi connectivity index (χ0n) is 16.3. The van der Waals surface area contributed by atoms with Crippen LogP contribution >= 0.6 is 0 Å². The van der Waals surface area contributed by atoms with E-state index in [1.165, 1.54) is 20.5 Å². The van der Waals surface area contributed by atoms with E-state index in [1.54, 1.807) is 12.1 Å². The third-order valence-electron chi connectivity index (χ3n) is 4.41. The van der Waals surface area contributed by atoms with E-state index in [0.29, 0.717) is 24.0 Å². The summed E-state index contributed by atoms with van der Waals surface area (Å²) in [6.45, 7) is 1.98. The molecule has 6 heteroatoms. The van der Waals surface area contributed by atoms with Gasteiger partial charge in [-0.3, -0.25) is 0 Å². The molecule has 0 aliphatic rings. The molecule has 0 heterocycles. The van der Waals surface area contributed by atoms with Crippen molar-refractivity contribution in [1.82, 2.24) is 0 Å². The van der Waals surface area contributed by atoms with Gasteiger partial charge < -0.3 is 19.9 Å². The summed E-state index contributed by atoms with van der Waals surface area (Å²) in [5.74, 6) is -0.563. The van der Waals surface area contributed by atoms with Crippen LogP contribution in [0.5, 0.6) is 0 Å². The summed E-state index contributed by atoms with van der Waals surface area (Å²) in [4.78, 5) is 24.3. The van der Waals surface area contributed by atoms with Gasteiger partial charge in [-0.25, -0.2) is 9.59 Å². The Hall–Kier alpha value is -3.28. The molecule has 0 saturated heterocycles. The molecule has 0 aliphatic carbocycles. The van der Waals surface area contributed by atoms with Gasteiger partial charge >= 0.3 is 12.1 Å². The van der Waals surface area contributed by atoms with Gasteiger partial charge in [0.1, 0.15) is 5.57 Å². The standard InChI is InChI=1S/C22H25NO5/c1-4-14-22(28-21(23)25,16-10-6-5-7-11-16)19-13-9-8-12-17(19)18(15-26-2)20(24)27-3/h5-13,15H,4,14H2,1-3H3,(H2,23,25)/b18-15+. The number of carbonyl (C=O) groups is 2. The van der Waals surface area contributed by atoms with E-state index in [2.05, 4.69) is 0 Å². The summed E-state index contributed by atoms with van der Waals surface area (Å²) in [6.07, 6.45) is 1.59. The highest BCUT2D eigenvalue weighted by Crippen LogP contribution is 2.41. The van der Waals surface area contributed by atoms with Gasteiger partial charge in [0, 0.05) is 11.1 Å². The Morgan fingerprint density at radius 2 is 1.68 bits per heavy atom. The zero-order chi connectivity index (χ0) is 20.6. The van der Waals surface area contributed by atoms with Crippen molar-refractivity contribution in [3.63, 3.8) is 0 Å². The lowest BCUT2D eigenvalue weighted by Crippen LogP contribution is -2.37. The van der Waals surface area contributed by atoms with Crippen LogP contribution in [-0.2, 0) is 24.6 Å². The van der Waals surface area contributed by atoms with Crippen molar-refractivity contribution < 1.29 is 23.8 Å². The minimum absolute atomic E-state index is 0.213. The predicted octanol–water partition coefficient (Wildman–Crippen LogP) is 3.99. The molecular weight excluding hydrogens is 358 g/mol. The van der Waals surface area contributed by atoms with Crippen molar-refractivity contribution in [3.8, 4) is 0 Å². The second-order valence-electron chi connectivity index (χ2n) is 6.17. The van der Waals surface area contributed by atoms with Gasteiger partial charge in [-0.1, -0.05) is 67.9 Å². The summed E-state index contributed by atoms with van der Waals surface area (Å²) in [5.41, 5.74) is 6.42. The average molecular weight is 383 g/mol. The van der Waals surface area contributed by atoms with Crippen molar-refractivity contribution in [3.05, 3.63) is 77.5 Å². The molecule has 0 bridgehead atoms. The number of amides is 1. The number of esters is 1. The van der Waals surface area contributed by atoms with Crippen molar-refractivity contribution in [2.24, 2.45) is 5.73 Å². The molecule has 6 nitrogen and oxygen atoms in total. The van der Waals surface area contributed by atoms with Gasteiger partial charge in [0.15, 0.2) is 5.60 Å². The number of rotatable bonds is 8. The Labute approximate surface area is 164 Å². The molecule has 28 heavy (non-hydrogen) atoms. The lowest BCUT2D eigenvalue weighted by atomic mass is 9.79. The number of hydrogen-bond acceptors (Lipinski definition) is 5. The Kier molecular flexibility index (Phi) is 7.21. The Bertz CT molecular complexity index is 847. The fourth-order valence-electron chi connectivity index (χ4n) is 3.35. The molecule has 2 aromatic carbocycles. The van der Waals surface area contributed by atoms with Crippen LogP contribution in [0.2, 0.25) is 0 Å². The molecule has 0 spiro atoms. The van der Waals surface area contributed by atoms with E-state index in [1.807, 2.05) is 49.4 Å². The Morgan fingerprint density at radius 1 is 1.04 bits per heavy atom. The minimum Gasteiger partial charge on any atom is -0.503 e. The van der Waals surface area contributed by atoms with E-state index < -0.39 is 17.7 Å². The summed E-state index contributed by atoms with van der Waals surface area (Å²) < 4.78 is 15.8. The highest BCUT2D eigenvalue weighted by Gasteiger charge is 2.40. The van der Waals surface area contributed by atoms with Crippen molar-refractivity contribution in [2.45, 2.75) is 25.4 Å². The first kappa shape index (κ1) is 21.0. The number of carbonyl (C=O) groups excluding carboxylic acids is 2. The lowest BCUT2D eigenvalue weighted by molar-refractivity contribution is -0.133. The van der Waals surface area contributed by atoms with Crippen LogP contribution in [0.4, 0.5) is 4.79 Å². The fraction of sp³-hybridized carbons (Fsp3) is 0.273. The van der Waals surface area contributed by atoms with Gasteiger partial charge in [0.05, 0.1) is 20.5 Å². The summed E-state index contributed by atoms with van der Waals surface area (Å²) in [6, 6.07) is 16.5. The third-order valence-corrected chi connectivity index (χ3v) is 4.41. The van der Waals surface area contributed by atoms with Crippen LogP contribution in [0.25, 0.3) is 5.57 Å². The van der Waals surface area contributed by atoms with Crippen molar-refractivity contribution in [1.29, 1.82) is 0 Å². The van der Waals surface area contributed by atoms with Gasteiger partial charge in [0.2, 0.25) is 0 Å². The molecular formula is C22H25NO5. The first-order valence-corrected chi connectivity index (χ1v) is 8.95. The number of ether oxygens (including phenoxy) is 3.